The highest BCUT2D eigenvalue weighted by Gasteiger charge is 2.41. The van der Waals surface area contributed by atoms with Crippen molar-refractivity contribution in [1.82, 2.24) is 10.5 Å². The van der Waals surface area contributed by atoms with Crippen LogP contribution in [0, 0.1) is 6.92 Å². The van der Waals surface area contributed by atoms with Gasteiger partial charge in [-0.3, -0.25) is 9.59 Å². The van der Waals surface area contributed by atoms with Crippen molar-refractivity contribution in [2.24, 2.45) is 0 Å². The van der Waals surface area contributed by atoms with E-state index in [0.717, 1.165) is 11.4 Å². The van der Waals surface area contributed by atoms with Crippen LogP contribution in [0.3, 0.4) is 0 Å². The van der Waals surface area contributed by atoms with Gasteiger partial charge in [-0.15, -0.1) is 0 Å². The van der Waals surface area contributed by atoms with E-state index in [-0.39, 0.29) is 23.9 Å². The number of anilines is 2. The molecule has 1 saturated heterocycles. The summed E-state index contributed by atoms with van der Waals surface area (Å²) in [6.07, 6.45) is 0.525. The molecular weight excluding hydrogens is 404 g/mol. The maximum atomic E-state index is 13.1. The number of nitrogens with one attached hydrogen (secondary N) is 2. The third kappa shape index (κ3) is 3.02. The largest absolute Gasteiger partial charge is 0.360 e. The highest BCUT2D eigenvalue weighted by molar-refractivity contribution is 6.33. The monoisotopic (exact) mass is 422 g/mol. The molecule has 1 aromatic heterocycles. The highest BCUT2D eigenvalue weighted by Crippen LogP contribution is 2.37. The van der Waals surface area contributed by atoms with E-state index in [9.17, 15) is 9.59 Å². The van der Waals surface area contributed by atoms with E-state index in [1.54, 1.807) is 19.1 Å². The molecule has 2 amide bonds. The standard InChI is InChI=1S/C22H19ClN4O3/c1-12-19(20(26-30-12)14-6-2-3-7-15(14)23)22(29)24-13-10-18-21(28)25-16-8-4-5-9-17(16)27(18)11-13/h2-9,13,18H,10-11H2,1H3,(H,24,29)(H,25,28). The second-order valence-corrected chi connectivity index (χ2v) is 7.93. The average Bonchev–Trinajstić information content (AvgIpc) is 3.32. The molecule has 2 aliphatic heterocycles. The molecule has 1 fully saturated rings. The van der Waals surface area contributed by atoms with E-state index < -0.39 is 0 Å². The molecule has 3 aromatic rings. The molecule has 2 aromatic carbocycles. The lowest BCUT2D eigenvalue weighted by atomic mass is 10.0. The Balaban J connectivity index is 1.40. The minimum Gasteiger partial charge on any atom is -0.360 e. The minimum atomic E-state index is -0.309. The van der Waals surface area contributed by atoms with Gasteiger partial charge in [0.15, 0.2) is 0 Å². The molecule has 2 atom stereocenters. The topological polar surface area (TPSA) is 87.5 Å². The lowest BCUT2D eigenvalue weighted by Crippen LogP contribution is -2.44. The van der Waals surface area contributed by atoms with E-state index in [1.165, 1.54) is 0 Å². The maximum Gasteiger partial charge on any atom is 0.257 e. The number of nitrogens with zero attached hydrogens (tertiary/aromatic N) is 2. The zero-order chi connectivity index (χ0) is 20.8. The smallest absolute Gasteiger partial charge is 0.257 e. The van der Waals surface area contributed by atoms with Crippen LogP contribution in [-0.4, -0.2) is 35.6 Å². The van der Waals surface area contributed by atoms with E-state index in [4.69, 9.17) is 16.1 Å². The van der Waals surface area contributed by atoms with Gasteiger partial charge in [-0.2, -0.15) is 0 Å². The van der Waals surface area contributed by atoms with Crippen molar-refractivity contribution in [3.05, 3.63) is 64.9 Å². The fourth-order valence-electron chi connectivity index (χ4n) is 4.24. The third-order valence-corrected chi connectivity index (χ3v) is 5.96. The first-order chi connectivity index (χ1) is 14.5. The number of carbonyl (C=O) groups is 2. The van der Waals surface area contributed by atoms with Crippen molar-refractivity contribution in [2.75, 3.05) is 16.8 Å². The molecule has 0 radical (unpaired) electrons. The number of fused-ring (bicyclic) bond motifs is 3. The van der Waals surface area contributed by atoms with Gasteiger partial charge in [0, 0.05) is 18.2 Å². The first kappa shape index (κ1) is 18.7. The SMILES string of the molecule is Cc1onc(-c2ccccc2Cl)c1C(=O)NC1CC2C(=O)Nc3ccccc3N2C1. The Labute approximate surface area is 178 Å². The van der Waals surface area contributed by atoms with Crippen LogP contribution in [0.5, 0.6) is 0 Å². The number of para-hydroxylation sites is 2. The number of hydrogen-bond acceptors (Lipinski definition) is 5. The molecule has 7 nitrogen and oxygen atoms in total. The van der Waals surface area contributed by atoms with Crippen LogP contribution in [0.1, 0.15) is 22.5 Å². The lowest BCUT2D eigenvalue weighted by molar-refractivity contribution is -0.117. The van der Waals surface area contributed by atoms with E-state index in [1.807, 2.05) is 36.4 Å². The molecule has 2 N–H and O–H groups in total. The van der Waals surface area contributed by atoms with Gasteiger partial charge in [0.2, 0.25) is 5.91 Å². The van der Waals surface area contributed by atoms with Gasteiger partial charge in [-0.25, -0.2) is 0 Å². The summed E-state index contributed by atoms with van der Waals surface area (Å²) in [5.41, 5.74) is 3.17. The summed E-state index contributed by atoms with van der Waals surface area (Å²) in [7, 11) is 0. The summed E-state index contributed by atoms with van der Waals surface area (Å²) in [5.74, 6) is 0.0757. The van der Waals surface area contributed by atoms with Crippen molar-refractivity contribution < 1.29 is 14.1 Å². The molecule has 2 aliphatic rings. The summed E-state index contributed by atoms with van der Waals surface area (Å²) >= 11 is 6.30. The van der Waals surface area contributed by atoms with Crippen molar-refractivity contribution in [3.8, 4) is 11.3 Å². The maximum absolute atomic E-state index is 13.1. The number of aryl methyl sites for hydroxylation is 1. The molecule has 2 unspecified atom stereocenters. The second-order valence-electron chi connectivity index (χ2n) is 7.52. The number of hydrogen-bond donors (Lipinski definition) is 2. The van der Waals surface area contributed by atoms with E-state index >= 15 is 0 Å². The highest BCUT2D eigenvalue weighted by atomic mass is 35.5. The Hall–Kier alpha value is -3.32. The van der Waals surface area contributed by atoms with Gasteiger partial charge >= 0.3 is 0 Å². The predicted molar refractivity (Wildman–Crippen MR) is 114 cm³/mol. The Morgan fingerprint density at radius 1 is 1.23 bits per heavy atom. The van der Waals surface area contributed by atoms with Crippen LogP contribution < -0.4 is 15.5 Å². The minimum absolute atomic E-state index is 0.0524. The number of halogens is 1. The zero-order valence-electron chi connectivity index (χ0n) is 16.2. The van der Waals surface area contributed by atoms with Crippen molar-refractivity contribution >= 4 is 34.8 Å². The average molecular weight is 423 g/mol. The number of rotatable bonds is 3. The Morgan fingerprint density at radius 3 is 2.83 bits per heavy atom. The van der Waals surface area contributed by atoms with Crippen molar-refractivity contribution in [3.63, 3.8) is 0 Å². The molecule has 3 heterocycles. The normalized spacial score (nSPS) is 19.8. The Kier molecular flexibility index (Phi) is 4.47. The van der Waals surface area contributed by atoms with Gasteiger partial charge in [-0.1, -0.05) is 47.1 Å². The van der Waals surface area contributed by atoms with Gasteiger partial charge in [0.25, 0.3) is 5.91 Å². The Bertz CT molecular complexity index is 1160. The van der Waals surface area contributed by atoms with Crippen molar-refractivity contribution in [2.45, 2.75) is 25.4 Å². The van der Waals surface area contributed by atoms with Gasteiger partial charge in [0.05, 0.1) is 16.4 Å². The Morgan fingerprint density at radius 2 is 2.00 bits per heavy atom. The summed E-state index contributed by atoms with van der Waals surface area (Å²) in [4.78, 5) is 27.7. The molecule has 8 heteroatoms. The predicted octanol–water partition coefficient (Wildman–Crippen LogP) is 3.63. The number of aromatic nitrogens is 1. The van der Waals surface area contributed by atoms with Crippen LogP contribution in [0.15, 0.2) is 53.1 Å². The van der Waals surface area contributed by atoms with E-state index in [0.29, 0.717) is 40.6 Å². The molecule has 0 aliphatic carbocycles. The van der Waals surface area contributed by atoms with Gasteiger partial charge in [0.1, 0.15) is 23.1 Å². The van der Waals surface area contributed by atoms with Crippen molar-refractivity contribution in [1.29, 1.82) is 0 Å². The molecule has 30 heavy (non-hydrogen) atoms. The van der Waals surface area contributed by atoms with Crippen LogP contribution in [-0.2, 0) is 4.79 Å². The number of amides is 2. The molecule has 5 rings (SSSR count). The summed E-state index contributed by atoms with van der Waals surface area (Å²) in [6, 6.07) is 14.4. The summed E-state index contributed by atoms with van der Waals surface area (Å²) in [5, 5.41) is 10.6. The molecule has 152 valence electrons. The fourth-order valence-corrected chi connectivity index (χ4v) is 4.46. The molecule has 0 bridgehead atoms. The molecular formula is C22H19ClN4O3. The number of benzene rings is 2. The number of carbonyl (C=O) groups excluding carboxylic acids is 2. The first-order valence-electron chi connectivity index (χ1n) is 9.71. The third-order valence-electron chi connectivity index (χ3n) is 5.63. The van der Waals surface area contributed by atoms with Crippen LogP contribution in [0.4, 0.5) is 11.4 Å². The lowest BCUT2D eigenvalue weighted by Gasteiger charge is -2.32. The van der Waals surface area contributed by atoms with Gasteiger partial charge in [-0.05, 0) is 31.5 Å². The summed E-state index contributed by atoms with van der Waals surface area (Å²) < 4.78 is 5.30. The molecule has 0 spiro atoms. The second kappa shape index (κ2) is 7.18. The van der Waals surface area contributed by atoms with Crippen LogP contribution >= 0.6 is 11.6 Å². The molecule has 0 saturated carbocycles. The van der Waals surface area contributed by atoms with Crippen LogP contribution in [0.25, 0.3) is 11.3 Å². The zero-order valence-corrected chi connectivity index (χ0v) is 16.9. The fraction of sp³-hybridized carbons (Fsp3) is 0.227. The van der Waals surface area contributed by atoms with E-state index in [2.05, 4.69) is 20.7 Å². The first-order valence-corrected chi connectivity index (χ1v) is 10.1. The quantitative estimate of drug-likeness (QED) is 0.673. The van der Waals surface area contributed by atoms with Gasteiger partial charge < -0.3 is 20.1 Å². The summed E-state index contributed by atoms with van der Waals surface area (Å²) in [6.45, 7) is 2.25. The van der Waals surface area contributed by atoms with Crippen LogP contribution in [0.2, 0.25) is 5.02 Å².